The van der Waals surface area contributed by atoms with Gasteiger partial charge in [0.15, 0.2) is 0 Å². The molecule has 4 nitrogen and oxygen atoms in total. The third kappa shape index (κ3) is 2.62. The van der Waals surface area contributed by atoms with E-state index in [-0.39, 0.29) is 5.97 Å². The molecule has 0 aliphatic rings. The van der Waals surface area contributed by atoms with Crippen LogP contribution in [0.2, 0.25) is 0 Å². The van der Waals surface area contributed by atoms with Gasteiger partial charge in [-0.25, -0.2) is 4.79 Å². The third-order valence-corrected chi connectivity index (χ3v) is 3.29. The van der Waals surface area contributed by atoms with Gasteiger partial charge in [-0.15, -0.1) is 11.3 Å². The minimum Gasteiger partial charge on any atom is -0.465 e. The molecule has 2 heterocycles. The zero-order valence-electron chi connectivity index (χ0n) is 10.1. The molecule has 0 amide bonds. The molecule has 0 N–H and O–H groups in total. The number of carbonyl (C=O) groups is 1. The molecule has 18 heavy (non-hydrogen) atoms. The molecule has 0 fully saturated rings. The topological polar surface area (TPSA) is 51.5 Å². The SMILES string of the molecule is COC(=O)c1sccc1N=C(C)c1ccncc1. The lowest BCUT2D eigenvalue weighted by Crippen LogP contribution is -1.99. The minimum atomic E-state index is -0.355. The number of ether oxygens (including phenoxy) is 1. The normalized spacial score (nSPS) is 11.3. The lowest BCUT2D eigenvalue weighted by molar-refractivity contribution is 0.0607. The maximum atomic E-state index is 11.5. The standard InChI is InChI=1S/C13H12N2O2S/c1-9(10-3-6-14-7-4-10)15-11-5-8-18-12(11)13(16)17-2/h3-8H,1-2H3. The third-order valence-electron chi connectivity index (χ3n) is 2.40. The van der Waals surface area contributed by atoms with Crippen LogP contribution < -0.4 is 0 Å². The van der Waals surface area contributed by atoms with E-state index in [1.54, 1.807) is 12.4 Å². The van der Waals surface area contributed by atoms with E-state index in [1.165, 1.54) is 18.4 Å². The molecular weight excluding hydrogens is 248 g/mol. The second-order valence-corrected chi connectivity index (χ2v) is 4.48. The Kier molecular flexibility index (Phi) is 3.84. The van der Waals surface area contributed by atoms with Gasteiger partial charge in [-0.2, -0.15) is 0 Å². The first-order valence-corrected chi connectivity index (χ1v) is 6.22. The molecule has 0 saturated carbocycles. The van der Waals surface area contributed by atoms with Crippen LogP contribution in [-0.2, 0) is 4.74 Å². The number of esters is 1. The fraction of sp³-hybridized carbons (Fsp3) is 0.154. The Labute approximate surface area is 109 Å². The van der Waals surface area contributed by atoms with Gasteiger partial charge < -0.3 is 4.74 Å². The molecular formula is C13H12N2O2S. The Morgan fingerprint density at radius 2 is 2.06 bits per heavy atom. The molecule has 0 spiro atoms. The smallest absolute Gasteiger partial charge is 0.350 e. The second-order valence-electron chi connectivity index (χ2n) is 3.56. The Hall–Kier alpha value is -2.01. The number of hydrogen-bond acceptors (Lipinski definition) is 5. The van der Waals surface area contributed by atoms with E-state index >= 15 is 0 Å². The summed E-state index contributed by atoms with van der Waals surface area (Å²) in [4.78, 5) is 20.5. The fourth-order valence-corrected chi connectivity index (χ4v) is 2.22. The van der Waals surface area contributed by atoms with Crippen molar-refractivity contribution in [3.8, 4) is 0 Å². The molecule has 0 saturated heterocycles. The number of methoxy groups -OCH3 is 1. The summed E-state index contributed by atoms with van der Waals surface area (Å²) in [5.74, 6) is -0.355. The monoisotopic (exact) mass is 260 g/mol. The predicted molar refractivity (Wildman–Crippen MR) is 71.8 cm³/mol. The molecule has 2 aromatic heterocycles. The highest BCUT2D eigenvalue weighted by molar-refractivity contribution is 7.12. The van der Waals surface area contributed by atoms with E-state index in [0.29, 0.717) is 10.6 Å². The second kappa shape index (κ2) is 5.55. The van der Waals surface area contributed by atoms with Gasteiger partial charge in [-0.1, -0.05) is 0 Å². The minimum absolute atomic E-state index is 0.355. The van der Waals surface area contributed by atoms with Crippen LogP contribution >= 0.6 is 11.3 Å². The van der Waals surface area contributed by atoms with Crippen molar-refractivity contribution in [1.82, 2.24) is 4.98 Å². The summed E-state index contributed by atoms with van der Waals surface area (Å²) in [6.07, 6.45) is 3.42. The van der Waals surface area contributed by atoms with Crippen LogP contribution in [0.1, 0.15) is 22.2 Å². The van der Waals surface area contributed by atoms with E-state index in [2.05, 4.69) is 9.98 Å². The van der Waals surface area contributed by atoms with Crippen LogP contribution in [0, 0.1) is 0 Å². The largest absolute Gasteiger partial charge is 0.465 e. The average Bonchev–Trinajstić information content (AvgIpc) is 2.87. The molecule has 2 aromatic rings. The van der Waals surface area contributed by atoms with Gasteiger partial charge in [-0.05, 0) is 36.1 Å². The Balaban J connectivity index is 2.34. The highest BCUT2D eigenvalue weighted by Crippen LogP contribution is 2.26. The zero-order valence-corrected chi connectivity index (χ0v) is 10.9. The van der Waals surface area contributed by atoms with Gasteiger partial charge in [0, 0.05) is 18.1 Å². The molecule has 5 heteroatoms. The number of pyridine rings is 1. The van der Waals surface area contributed by atoms with Crippen molar-refractivity contribution in [3.05, 3.63) is 46.4 Å². The first-order chi connectivity index (χ1) is 8.72. The number of thiophene rings is 1. The summed E-state index contributed by atoms with van der Waals surface area (Å²) >= 11 is 1.33. The number of aromatic nitrogens is 1. The Morgan fingerprint density at radius 3 is 2.72 bits per heavy atom. The molecule has 0 radical (unpaired) electrons. The van der Waals surface area contributed by atoms with Crippen LogP contribution in [0.15, 0.2) is 41.0 Å². The number of aliphatic imine (C=N–C) groups is 1. The maximum absolute atomic E-state index is 11.5. The first-order valence-electron chi connectivity index (χ1n) is 5.34. The van der Waals surface area contributed by atoms with Crippen molar-refractivity contribution in [2.45, 2.75) is 6.92 Å². The number of rotatable bonds is 3. The maximum Gasteiger partial charge on any atom is 0.350 e. The van der Waals surface area contributed by atoms with Gasteiger partial charge in [0.05, 0.1) is 12.8 Å². The van der Waals surface area contributed by atoms with Crippen molar-refractivity contribution < 1.29 is 9.53 Å². The van der Waals surface area contributed by atoms with E-state index < -0.39 is 0 Å². The van der Waals surface area contributed by atoms with Gasteiger partial charge in [0.1, 0.15) is 4.88 Å². The number of nitrogens with zero attached hydrogens (tertiary/aromatic N) is 2. The summed E-state index contributed by atoms with van der Waals surface area (Å²) in [6, 6.07) is 5.56. The number of hydrogen-bond donors (Lipinski definition) is 0. The van der Waals surface area contributed by atoms with Crippen molar-refractivity contribution >= 4 is 28.7 Å². The molecule has 0 aliphatic heterocycles. The van der Waals surface area contributed by atoms with Gasteiger partial charge in [0.25, 0.3) is 0 Å². The zero-order chi connectivity index (χ0) is 13.0. The van der Waals surface area contributed by atoms with Crippen LogP contribution in [0.4, 0.5) is 5.69 Å². The molecule has 0 bridgehead atoms. The van der Waals surface area contributed by atoms with Crippen LogP contribution in [0.3, 0.4) is 0 Å². The fourth-order valence-electron chi connectivity index (χ4n) is 1.47. The lowest BCUT2D eigenvalue weighted by atomic mass is 10.2. The van der Waals surface area contributed by atoms with E-state index in [1.807, 2.05) is 30.5 Å². The molecule has 0 aliphatic carbocycles. The lowest BCUT2D eigenvalue weighted by Gasteiger charge is -2.01. The molecule has 2 rings (SSSR count). The molecule has 0 atom stereocenters. The summed E-state index contributed by atoms with van der Waals surface area (Å²) in [6.45, 7) is 1.90. The van der Waals surface area contributed by atoms with Gasteiger partial charge >= 0.3 is 5.97 Å². The van der Waals surface area contributed by atoms with Gasteiger partial charge in [-0.3, -0.25) is 9.98 Å². The highest BCUT2D eigenvalue weighted by atomic mass is 32.1. The van der Waals surface area contributed by atoms with Gasteiger partial charge in [0.2, 0.25) is 0 Å². The van der Waals surface area contributed by atoms with Crippen molar-refractivity contribution in [2.75, 3.05) is 7.11 Å². The van der Waals surface area contributed by atoms with E-state index in [0.717, 1.165) is 11.3 Å². The predicted octanol–water partition coefficient (Wildman–Crippen LogP) is 3.07. The van der Waals surface area contributed by atoms with E-state index in [9.17, 15) is 4.79 Å². The Morgan fingerprint density at radius 1 is 1.33 bits per heavy atom. The van der Waals surface area contributed by atoms with Crippen molar-refractivity contribution in [3.63, 3.8) is 0 Å². The van der Waals surface area contributed by atoms with Crippen LogP contribution in [0.5, 0.6) is 0 Å². The van der Waals surface area contributed by atoms with Crippen LogP contribution in [0.25, 0.3) is 0 Å². The van der Waals surface area contributed by atoms with E-state index in [4.69, 9.17) is 4.74 Å². The first kappa shape index (κ1) is 12.4. The summed E-state index contributed by atoms with van der Waals surface area (Å²) in [5, 5.41) is 1.82. The Bertz CT molecular complexity index is 576. The van der Waals surface area contributed by atoms with Crippen molar-refractivity contribution in [1.29, 1.82) is 0 Å². The average molecular weight is 260 g/mol. The van der Waals surface area contributed by atoms with Crippen molar-refractivity contribution in [2.24, 2.45) is 4.99 Å². The highest BCUT2D eigenvalue weighted by Gasteiger charge is 2.13. The quantitative estimate of drug-likeness (QED) is 0.629. The summed E-state index contributed by atoms with van der Waals surface area (Å²) in [5.41, 5.74) is 2.45. The summed E-state index contributed by atoms with van der Waals surface area (Å²) < 4.78 is 4.71. The van der Waals surface area contributed by atoms with Crippen LogP contribution in [-0.4, -0.2) is 23.8 Å². The summed E-state index contributed by atoms with van der Waals surface area (Å²) in [7, 11) is 1.37. The number of carbonyl (C=O) groups excluding carboxylic acids is 1. The molecule has 92 valence electrons. The molecule has 0 unspecified atom stereocenters. The molecule has 0 aromatic carbocycles.